The standard InChI is InChI=1S/C13H18BrNO2/c1-8-5-10(14)6-9(7-15)13(8)17-12-4-2-3-11(12)16/h5-6,11-12,16H,2-4,7,15H2,1H3. The largest absolute Gasteiger partial charge is 0.487 e. The van der Waals surface area contributed by atoms with E-state index in [-0.39, 0.29) is 12.2 Å². The Morgan fingerprint density at radius 1 is 1.47 bits per heavy atom. The maximum atomic E-state index is 9.79. The molecule has 1 aromatic carbocycles. The number of halogens is 1. The summed E-state index contributed by atoms with van der Waals surface area (Å²) in [6.45, 7) is 2.44. The van der Waals surface area contributed by atoms with Gasteiger partial charge in [-0.05, 0) is 43.9 Å². The molecule has 0 saturated heterocycles. The van der Waals surface area contributed by atoms with E-state index < -0.39 is 0 Å². The van der Waals surface area contributed by atoms with Gasteiger partial charge < -0.3 is 15.6 Å². The number of rotatable bonds is 3. The molecule has 3 N–H and O–H groups in total. The summed E-state index contributed by atoms with van der Waals surface area (Å²) < 4.78 is 6.95. The highest BCUT2D eigenvalue weighted by molar-refractivity contribution is 9.10. The van der Waals surface area contributed by atoms with Crippen molar-refractivity contribution in [2.75, 3.05) is 0 Å². The molecule has 0 spiro atoms. The highest BCUT2D eigenvalue weighted by Crippen LogP contribution is 2.32. The van der Waals surface area contributed by atoms with Crippen molar-refractivity contribution in [3.63, 3.8) is 0 Å². The van der Waals surface area contributed by atoms with Gasteiger partial charge in [0.1, 0.15) is 11.9 Å². The maximum Gasteiger partial charge on any atom is 0.127 e. The van der Waals surface area contributed by atoms with E-state index in [1.807, 2.05) is 19.1 Å². The topological polar surface area (TPSA) is 55.5 Å². The zero-order chi connectivity index (χ0) is 12.4. The summed E-state index contributed by atoms with van der Waals surface area (Å²) >= 11 is 3.45. The number of hydrogen-bond donors (Lipinski definition) is 2. The lowest BCUT2D eigenvalue weighted by Gasteiger charge is -2.21. The van der Waals surface area contributed by atoms with Crippen LogP contribution in [0.25, 0.3) is 0 Å². The first kappa shape index (κ1) is 12.9. The molecule has 0 aliphatic heterocycles. The summed E-state index contributed by atoms with van der Waals surface area (Å²) in [4.78, 5) is 0. The molecule has 1 aliphatic rings. The smallest absolute Gasteiger partial charge is 0.127 e. The molecule has 3 nitrogen and oxygen atoms in total. The van der Waals surface area contributed by atoms with Gasteiger partial charge in [0.05, 0.1) is 6.10 Å². The lowest BCUT2D eigenvalue weighted by molar-refractivity contribution is 0.0593. The Kier molecular flexibility index (Phi) is 4.07. The maximum absolute atomic E-state index is 9.79. The van der Waals surface area contributed by atoms with Gasteiger partial charge in [0, 0.05) is 16.6 Å². The predicted molar refractivity (Wildman–Crippen MR) is 71.0 cm³/mol. The van der Waals surface area contributed by atoms with Gasteiger partial charge in [-0.25, -0.2) is 0 Å². The number of aryl methyl sites for hydroxylation is 1. The lowest BCUT2D eigenvalue weighted by Crippen LogP contribution is -2.26. The van der Waals surface area contributed by atoms with E-state index in [9.17, 15) is 5.11 Å². The normalized spacial score (nSPS) is 24.0. The average Bonchev–Trinajstić information content (AvgIpc) is 2.68. The molecule has 94 valence electrons. The number of benzene rings is 1. The predicted octanol–water partition coefficient (Wildman–Crippen LogP) is 2.51. The Labute approximate surface area is 110 Å². The SMILES string of the molecule is Cc1cc(Br)cc(CN)c1OC1CCCC1O. The third kappa shape index (κ3) is 2.81. The summed E-state index contributed by atoms with van der Waals surface area (Å²) in [5, 5.41) is 9.79. The van der Waals surface area contributed by atoms with Crippen LogP contribution in [0.4, 0.5) is 0 Å². The molecular weight excluding hydrogens is 282 g/mol. The zero-order valence-electron chi connectivity index (χ0n) is 9.95. The van der Waals surface area contributed by atoms with Gasteiger partial charge in [-0.2, -0.15) is 0 Å². The van der Waals surface area contributed by atoms with Crippen LogP contribution >= 0.6 is 15.9 Å². The van der Waals surface area contributed by atoms with Crippen LogP contribution in [0, 0.1) is 6.92 Å². The molecule has 0 bridgehead atoms. The first-order chi connectivity index (χ1) is 8.11. The van der Waals surface area contributed by atoms with Crippen molar-refractivity contribution in [1.82, 2.24) is 0 Å². The molecule has 0 amide bonds. The van der Waals surface area contributed by atoms with Crippen molar-refractivity contribution >= 4 is 15.9 Å². The summed E-state index contributed by atoms with van der Waals surface area (Å²) in [5.74, 6) is 0.835. The van der Waals surface area contributed by atoms with Gasteiger partial charge in [-0.3, -0.25) is 0 Å². The van der Waals surface area contributed by atoms with Crippen molar-refractivity contribution in [3.05, 3.63) is 27.7 Å². The van der Waals surface area contributed by atoms with Gasteiger partial charge in [0.25, 0.3) is 0 Å². The highest BCUT2D eigenvalue weighted by atomic mass is 79.9. The minimum Gasteiger partial charge on any atom is -0.487 e. The molecular formula is C13H18BrNO2. The molecule has 1 saturated carbocycles. The van der Waals surface area contributed by atoms with E-state index >= 15 is 0 Å². The second kappa shape index (κ2) is 5.38. The highest BCUT2D eigenvalue weighted by Gasteiger charge is 2.28. The van der Waals surface area contributed by atoms with Gasteiger partial charge in [0.15, 0.2) is 0 Å². The number of aliphatic hydroxyl groups is 1. The molecule has 1 aromatic rings. The van der Waals surface area contributed by atoms with Crippen LogP contribution in [0.1, 0.15) is 30.4 Å². The monoisotopic (exact) mass is 299 g/mol. The lowest BCUT2D eigenvalue weighted by atomic mass is 10.1. The van der Waals surface area contributed by atoms with Crippen LogP contribution in [-0.2, 0) is 6.54 Å². The van der Waals surface area contributed by atoms with Gasteiger partial charge in [0.2, 0.25) is 0 Å². The first-order valence-corrected chi connectivity index (χ1v) is 6.75. The molecule has 2 rings (SSSR count). The van der Waals surface area contributed by atoms with Crippen molar-refractivity contribution in [1.29, 1.82) is 0 Å². The fraction of sp³-hybridized carbons (Fsp3) is 0.538. The summed E-state index contributed by atoms with van der Waals surface area (Å²) in [6.07, 6.45) is 2.35. The number of hydrogen-bond acceptors (Lipinski definition) is 3. The second-order valence-corrected chi connectivity index (χ2v) is 5.49. The molecule has 17 heavy (non-hydrogen) atoms. The molecule has 1 fully saturated rings. The van der Waals surface area contributed by atoms with Crippen molar-refractivity contribution < 1.29 is 9.84 Å². The molecule has 0 aromatic heterocycles. The Bertz CT molecular complexity index is 409. The van der Waals surface area contributed by atoms with E-state index in [1.165, 1.54) is 0 Å². The molecule has 1 aliphatic carbocycles. The molecule has 2 unspecified atom stereocenters. The first-order valence-electron chi connectivity index (χ1n) is 5.95. The van der Waals surface area contributed by atoms with E-state index in [0.717, 1.165) is 40.6 Å². The van der Waals surface area contributed by atoms with Crippen LogP contribution in [0.2, 0.25) is 0 Å². The number of aliphatic hydroxyl groups excluding tert-OH is 1. The van der Waals surface area contributed by atoms with Gasteiger partial charge >= 0.3 is 0 Å². The summed E-state index contributed by atoms with van der Waals surface area (Å²) in [7, 11) is 0. The van der Waals surface area contributed by atoms with Crippen LogP contribution in [0.15, 0.2) is 16.6 Å². The summed E-state index contributed by atoms with van der Waals surface area (Å²) in [5.41, 5.74) is 7.77. The quantitative estimate of drug-likeness (QED) is 0.902. The van der Waals surface area contributed by atoms with E-state index in [0.29, 0.717) is 6.54 Å². The van der Waals surface area contributed by atoms with E-state index in [1.54, 1.807) is 0 Å². The van der Waals surface area contributed by atoms with Gasteiger partial charge in [-0.1, -0.05) is 15.9 Å². The fourth-order valence-electron chi connectivity index (χ4n) is 2.31. The van der Waals surface area contributed by atoms with Crippen LogP contribution in [0.5, 0.6) is 5.75 Å². The van der Waals surface area contributed by atoms with Crippen LogP contribution < -0.4 is 10.5 Å². The molecule has 0 radical (unpaired) electrons. The van der Waals surface area contributed by atoms with Crippen molar-refractivity contribution in [3.8, 4) is 5.75 Å². The van der Waals surface area contributed by atoms with Crippen LogP contribution in [0.3, 0.4) is 0 Å². The minimum absolute atomic E-state index is 0.0832. The van der Waals surface area contributed by atoms with Crippen molar-refractivity contribution in [2.24, 2.45) is 5.73 Å². The van der Waals surface area contributed by atoms with E-state index in [4.69, 9.17) is 10.5 Å². The third-order valence-electron chi connectivity index (χ3n) is 3.22. The fourth-order valence-corrected chi connectivity index (χ4v) is 2.93. The molecule has 0 heterocycles. The Morgan fingerprint density at radius 3 is 2.82 bits per heavy atom. The van der Waals surface area contributed by atoms with Crippen LogP contribution in [-0.4, -0.2) is 17.3 Å². The molecule has 2 atom stereocenters. The second-order valence-electron chi connectivity index (χ2n) is 4.57. The summed E-state index contributed by atoms with van der Waals surface area (Å²) in [6, 6.07) is 3.99. The number of nitrogens with two attached hydrogens (primary N) is 1. The third-order valence-corrected chi connectivity index (χ3v) is 3.68. The Hall–Kier alpha value is -0.580. The Balaban J connectivity index is 2.25. The minimum atomic E-state index is -0.344. The van der Waals surface area contributed by atoms with Gasteiger partial charge in [-0.15, -0.1) is 0 Å². The van der Waals surface area contributed by atoms with E-state index in [2.05, 4.69) is 15.9 Å². The number of ether oxygens (including phenoxy) is 1. The average molecular weight is 300 g/mol. The zero-order valence-corrected chi connectivity index (χ0v) is 11.5. The molecule has 4 heteroatoms. The van der Waals surface area contributed by atoms with Crippen molar-refractivity contribution in [2.45, 2.75) is 44.9 Å². The Morgan fingerprint density at radius 2 is 2.24 bits per heavy atom.